The molecule has 1 rings (SSSR count). The topological polar surface area (TPSA) is 42.0 Å². The van der Waals surface area contributed by atoms with E-state index >= 15 is 0 Å². The second kappa shape index (κ2) is 4.29. The van der Waals surface area contributed by atoms with Gasteiger partial charge >= 0.3 is 6.18 Å². The summed E-state index contributed by atoms with van der Waals surface area (Å²) in [6.07, 6.45) is -4.50. The van der Waals surface area contributed by atoms with Crippen molar-refractivity contribution in [2.24, 2.45) is 0 Å². The first-order valence-electron chi connectivity index (χ1n) is 4.88. The van der Waals surface area contributed by atoms with E-state index in [9.17, 15) is 18.0 Å². The van der Waals surface area contributed by atoms with Crippen molar-refractivity contribution in [3.8, 4) is 0 Å². The second-order valence-electron chi connectivity index (χ2n) is 4.64. The molecule has 0 atom stereocenters. The van der Waals surface area contributed by atoms with Crippen molar-refractivity contribution < 1.29 is 18.0 Å². The van der Waals surface area contributed by atoms with Crippen LogP contribution in [-0.2, 0) is 6.18 Å². The molecule has 0 aromatic carbocycles. The summed E-state index contributed by atoms with van der Waals surface area (Å²) in [5, 5.41) is 1.61. The third-order valence-corrected chi connectivity index (χ3v) is 2.93. The van der Waals surface area contributed by atoms with E-state index in [0.717, 1.165) is 0 Å². The maximum absolute atomic E-state index is 12.4. The van der Waals surface area contributed by atoms with Gasteiger partial charge in [-0.15, -0.1) is 11.3 Å². The van der Waals surface area contributed by atoms with Crippen LogP contribution in [0.25, 0.3) is 0 Å². The van der Waals surface area contributed by atoms with Crippen LogP contribution in [0.3, 0.4) is 0 Å². The molecule has 0 unspecified atom stereocenters. The lowest BCUT2D eigenvalue weighted by Crippen LogP contribution is -2.40. The Morgan fingerprint density at radius 2 is 1.82 bits per heavy atom. The first-order valence-corrected chi connectivity index (χ1v) is 5.69. The quantitative estimate of drug-likeness (QED) is 0.849. The van der Waals surface area contributed by atoms with Gasteiger partial charge in [0.15, 0.2) is 5.01 Å². The van der Waals surface area contributed by atoms with Crippen molar-refractivity contribution in [3.63, 3.8) is 0 Å². The van der Waals surface area contributed by atoms with E-state index in [2.05, 4.69) is 10.3 Å². The molecule has 0 saturated carbocycles. The van der Waals surface area contributed by atoms with Crippen molar-refractivity contribution in [1.82, 2.24) is 10.3 Å². The Bertz CT molecular complexity index is 432. The van der Waals surface area contributed by atoms with Crippen molar-refractivity contribution >= 4 is 17.2 Å². The lowest BCUT2D eigenvalue weighted by atomic mass is 10.1. The summed E-state index contributed by atoms with van der Waals surface area (Å²) in [6, 6.07) is 0. The number of aryl methyl sites for hydroxylation is 1. The highest BCUT2D eigenvalue weighted by molar-refractivity contribution is 7.13. The lowest BCUT2D eigenvalue weighted by Gasteiger charge is -2.19. The van der Waals surface area contributed by atoms with Crippen LogP contribution >= 0.6 is 11.3 Å². The highest BCUT2D eigenvalue weighted by Crippen LogP contribution is 2.34. The highest BCUT2D eigenvalue weighted by Gasteiger charge is 2.36. The van der Waals surface area contributed by atoms with E-state index in [1.54, 1.807) is 20.8 Å². The molecular weight excluding hydrogens is 253 g/mol. The first kappa shape index (κ1) is 14.0. The fraction of sp³-hybridized carbons (Fsp3) is 0.600. The first-order chi connectivity index (χ1) is 7.50. The maximum atomic E-state index is 12.4. The van der Waals surface area contributed by atoms with Gasteiger partial charge in [0.1, 0.15) is 4.88 Å². The molecule has 3 nitrogen and oxygen atoms in total. The number of halogens is 3. The van der Waals surface area contributed by atoms with E-state index in [4.69, 9.17) is 0 Å². The molecule has 0 aliphatic carbocycles. The molecule has 96 valence electrons. The van der Waals surface area contributed by atoms with Gasteiger partial charge in [0.25, 0.3) is 5.91 Å². The molecule has 1 heterocycles. The molecule has 0 saturated heterocycles. The Labute approximate surface area is 101 Å². The molecule has 0 aliphatic heterocycles. The Kier molecular flexibility index (Phi) is 3.52. The minimum absolute atomic E-state index is 0.00671. The molecule has 1 amide bonds. The largest absolute Gasteiger partial charge is 0.443 e. The monoisotopic (exact) mass is 266 g/mol. The third-order valence-electron chi connectivity index (χ3n) is 1.73. The number of thiazole rings is 1. The van der Waals surface area contributed by atoms with Crippen LogP contribution in [0.1, 0.15) is 41.1 Å². The van der Waals surface area contributed by atoms with Crippen molar-refractivity contribution in [1.29, 1.82) is 0 Å². The molecule has 0 fully saturated rings. The number of rotatable bonds is 1. The summed E-state index contributed by atoms with van der Waals surface area (Å²) >= 11 is 0.367. The summed E-state index contributed by atoms with van der Waals surface area (Å²) in [4.78, 5) is 15.1. The van der Waals surface area contributed by atoms with E-state index in [1.807, 2.05) is 0 Å². The molecule has 0 bridgehead atoms. The molecule has 17 heavy (non-hydrogen) atoms. The van der Waals surface area contributed by atoms with Gasteiger partial charge in [-0.05, 0) is 27.7 Å². The van der Waals surface area contributed by atoms with E-state index in [-0.39, 0.29) is 10.6 Å². The molecule has 7 heteroatoms. The Morgan fingerprint density at radius 3 is 2.18 bits per heavy atom. The number of carbonyl (C=O) groups is 1. The van der Waals surface area contributed by atoms with E-state index < -0.39 is 22.6 Å². The van der Waals surface area contributed by atoms with Gasteiger partial charge < -0.3 is 5.32 Å². The van der Waals surface area contributed by atoms with Crippen LogP contribution in [0.5, 0.6) is 0 Å². The van der Waals surface area contributed by atoms with Gasteiger partial charge in [0, 0.05) is 5.54 Å². The van der Waals surface area contributed by atoms with Gasteiger partial charge in [-0.3, -0.25) is 4.79 Å². The SMILES string of the molecule is Cc1nc(C(F)(F)F)sc1C(=O)NC(C)(C)C. The van der Waals surface area contributed by atoms with Gasteiger partial charge in [0.05, 0.1) is 5.69 Å². The number of nitrogens with zero attached hydrogens (tertiary/aromatic N) is 1. The maximum Gasteiger partial charge on any atom is 0.443 e. The standard InChI is InChI=1S/C10H13F3N2OS/c1-5-6(7(16)15-9(2,3)4)17-8(14-5)10(11,12)13/h1-4H3,(H,15,16). The summed E-state index contributed by atoms with van der Waals surface area (Å²) in [5.41, 5.74) is -0.393. The number of hydrogen-bond acceptors (Lipinski definition) is 3. The molecule has 1 N–H and O–H groups in total. The number of alkyl halides is 3. The van der Waals surface area contributed by atoms with E-state index in [0.29, 0.717) is 11.3 Å². The average molecular weight is 266 g/mol. The van der Waals surface area contributed by atoms with Gasteiger partial charge in [-0.25, -0.2) is 4.98 Å². The smallest absolute Gasteiger partial charge is 0.347 e. The fourth-order valence-corrected chi connectivity index (χ4v) is 1.95. The van der Waals surface area contributed by atoms with Crippen molar-refractivity contribution in [3.05, 3.63) is 15.6 Å². The number of carbonyl (C=O) groups excluding carboxylic acids is 1. The van der Waals surface area contributed by atoms with Crippen molar-refractivity contribution in [2.75, 3.05) is 0 Å². The van der Waals surface area contributed by atoms with Crippen LogP contribution in [0.2, 0.25) is 0 Å². The normalized spacial score (nSPS) is 12.6. The fourth-order valence-electron chi connectivity index (χ4n) is 1.13. The summed E-state index contributed by atoms with van der Waals surface area (Å²) in [5.74, 6) is -0.525. The molecule has 0 spiro atoms. The van der Waals surface area contributed by atoms with Crippen molar-refractivity contribution in [2.45, 2.75) is 39.4 Å². The van der Waals surface area contributed by atoms with Crippen LogP contribution in [0.4, 0.5) is 13.2 Å². The van der Waals surface area contributed by atoms with Crippen LogP contribution < -0.4 is 5.32 Å². The summed E-state index contributed by atoms with van der Waals surface area (Å²) in [7, 11) is 0. The molecular formula is C10H13F3N2OS. The summed E-state index contributed by atoms with van der Waals surface area (Å²) < 4.78 is 37.2. The van der Waals surface area contributed by atoms with Gasteiger partial charge in [-0.1, -0.05) is 0 Å². The van der Waals surface area contributed by atoms with Gasteiger partial charge in [-0.2, -0.15) is 13.2 Å². The van der Waals surface area contributed by atoms with E-state index in [1.165, 1.54) is 6.92 Å². The Morgan fingerprint density at radius 1 is 1.29 bits per heavy atom. The van der Waals surface area contributed by atoms with Gasteiger partial charge in [0.2, 0.25) is 0 Å². The second-order valence-corrected chi connectivity index (χ2v) is 5.63. The minimum Gasteiger partial charge on any atom is -0.347 e. The summed E-state index contributed by atoms with van der Waals surface area (Å²) in [6.45, 7) is 6.66. The molecule has 0 aliphatic rings. The number of hydrogen-bond donors (Lipinski definition) is 1. The van der Waals surface area contributed by atoms with Crippen LogP contribution in [0, 0.1) is 6.92 Å². The lowest BCUT2D eigenvalue weighted by molar-refractivity contribution is -0.137. The molecule has 0 radical (unpaired) electrons. The third kappa shape index (κ3) is 3.69. The zero-order chi connectivity index (χ0) is 13.4. The predicted molar refractivity (Wildman–Crippen MR) is 59.1 cm³/mol. The van der Waals surface area contributed by atoms with Crippen LogP contribution in [0.15, 0.2) is 0 Å². The predicted octanol–water partition coefficient (Wildman–Crippen LogP) is 3.00. The number of amides is 1. The Hall–Kier alpha value is -1.11. The highest BCUT2D eigenvalue weighted by atomic mass is 32.1. The Balaban J connectivity index is 3.00. The minimum atomic E-state index is -4.50. The van der Waals surface area contributed by atoms with Crippen LogP contribution in [-0.4, -0.2) is 16.4 Å². The molecule has 1 aromatic heterocycles. The average Bonchev–Trinajstić information content (AvgIpc) is 2.42. The zero-order valence-corrected chi connectivity index (χ0v) is 10.7. The molecule has 1 aromatic rings. The number of aromatic nitrogens is 1. The zero-order valence-electron chi connectivity index (χ0n) is 9.90. The number of nitrogens with one attached hydrogen (secondary N) is 1.